The van der Waals surface area contributed by atoms with Gasteiger partial charge in [-0.3, -0.25) is 0 Å². The Morgan fingerprint density at radius 3 is 2.86 bits per heavy atom. The van der Waals surface area contributed by atoms with E-state index in [4.69, 9.17) is 9.72 Å². The topological polar surface area (TPSA) is 54.4 Å². The molecule has 3 aromatic carbocycles. The maximum atomic E-state index is 10.1. The first-order valence-electron chi connectivity index (χ1n) is 9.76. The van der Waals surface area contributed by atoms with E-state index >= 15 is 0 Å². The van der Waals surface area contributed by atoms with Crippen LogP contribution in [0.3, 0.4) is 0 Å². The summed E-state index contributed by atoms with van der Waals surface area (Å²) in [6.45, 7) is 4.18. The molecule has 0 bridgehead atoms. The van der Waals surface area contributed by atoms with Crippen LogP contribution in [0.2, 0.25) is 0 Å². The number of pyridine rings is 1. The average molecular weight is 370 g/mol. The van der Waals surface area contributed by atoms with Crippen molar-refractivity contribution < 1.29 is 9.84 Å². The van der Waals surface area contributed by atoms with Crippen molar-refractivity contribution >= 4 is 21.7 Å². The predicted molar refractivity (Wildman–Crippen MR) is 113 cm³/mol. The second-order valence-electron chi connectivity index (χ2n) is 7.14. The quantitative estimate of drug-likeness (QED) is 0.509. The Kier molecular flexibility index (Phi) is 4.14. The number of phenols is 1. The molecule has 1 aliphatic rings. The van der Waals surface area contributed by atoms with Gasteiger partial charge in [0.2, 0.25) is 0 Å². The van der Waals surface area contributed by atoms with E-state index in [1.807, 2.05) is 19.1 Å². The summed E-state index contributed by atoms with van der Waals surface area (Å²) in [5.41, 5.74) is 5.56. The maximum absolute atomic E-state index is 10.1. The van der Waals surface area contributed by atoms with Crippen molar-refractivity contribution in [1.29, 1.82) is 0 Å². The minimum atomic E-state index is 0.157. The van der Waals surface area contributed by atoms with E-state index in [0.29, 0.717) is 12.4 Å². The lowest BCUT2D eigenvalue weighted by Crippen LogP contribution is -2.25. The van der Waals surface area contributed by atoms with Gasteiger partial charge in [0.05, 0.1) is 17.8 Å². The fourth-order valence-corrected chi connectivity index (χ4v) is 4.22. The summed E-state index contributed by atoms with van der Waals surface area (Å²) in [6, 6.07) is 18.3. The molecule has 0 atom stereocenters. The molecule has 4 aromatic rings. The summed E-state index contributed by atoms with van der Waals surface area (Å²) < 4.78 is 5.59. The Balaban J connectivity index is 1.81. The number of phenolic OH excluding ortho intramolecular Hbond substituents is 1. The molecule has 1 aromatic heterocycles. The van der Waals surface area contributed by atoms with Crippen LogP contribution < -0.4 is 10.1 Å². The van der Waals surface area contributed by atoms with Gasteiger partial charge in [-0.25, -0.2) is 4.98 Å². The highest BCUT2D eigenvalue weighted by molar-refractivity contribution is 6.09. The van der Waals surface area contributed by atoms with E-state index in [1.54, 1.807) is 6.07 Å². The van der Waals surface area contributed by atoms with Gasteiger partial charge in [0.25, 0.3) is 0 Å². The second kappa shape index (κ2) is 6.80. The van der Waals surface area contributed by atoms with Crippen LogP contribution in [0, 0.1) is 0 Å². The van der Waals surface area contributed by atoms with Gasteiger partial charge in [-0.1, -0.05) is 30.3 Å². The van der Waals surface area contributed by atoms with Crippen molar-refractivity contribution in [2.45, 2.75) is 19.9 Å². The normalized spacial score (nSPS) is 13.6. The average Bonchev–Trinajstić information content (AvgIpc) is 2.74. The molecule has 28 heavy (non-hydrogen) atoms. The molecule has 0 spiro atoms. The Labute approximate surface area is 163 Å². The number of fused-ring (bicyclic) bond motifs is 5. The van der Waals surface area contributed by atoms with Crippen LogP contribution in [-0.4, -0.2) is 23.2 Å². The third kappa shape index (κ3) is 2.69. The van der Waals surface area contributed by atoms with Gasteiger partial charge in [0, 0.05) is 17.5 Å². The highest BCUT2D eigenvalue weighted by Gasteiger charge is 2.21. The van der Waals surface area contributed by atoms with Gasteiger partial charge in [-0.2, -0.15) is 0 Å². The lowest BCUT2D eigenvalue weighted by Gasteiger charge is -2.23. The summed E-state index contributed by atoms with van der Waals surface area (Å²) >= 11 is 0. The van der Waals surface area contributed by atoms with Crippen molar-refractivity contribution in [2.75, 3.05) is 13.2 Å². The Bertz CT molecular complexity index is 1200. The van der Waals surface area contributed by atoms with Crippen LogP contribution in [0.4, 0.5) is 0 Å². The molecule has 2 heterocycles. The van der Waals surface area contributed by atoms with Crippen LogP contribution in [-0.2, 0) is 13.0 Å². The number of rotatable bonds is 3. The molecule has 0 unspecified atom stereocenters. The number of nitrogens with zero attached hydrogens (tertiary/aromatic N) is 1. The van der Waals surface area contributed by atoms with Gasteiger partial charge < -0.3 is 15.2 Å². The summed E-state index contributed by atoms with van der Waals surface area (Å²) in [5, 5.41) is 17.4. The van der Waals surface area contributed by atoms with Gasteiger partial charge in [0.15, 0.2) is 11.5 Å². The smallest absolute Gasteiger partial charge is 0.161 e. The summed E-state index contributed by atoms with van der Waals surface area (Å²) in [7, 11) is 0. The summed E-state index contributed by atoms with van der Waals surface area (Å²) in [6.07, 6.45) is 0.978. The molecule has 140 valence electrons. The molecule has 0 aliphatic carbocycles. The van der Waals surface area contributed by atoms with Gasteiger partial charge in [-0.15, -0.1) is 0 Å². The fourth-order valence-electron chi connectivity index (χ4n) is 4.22. The third-order valence-corrected chi connectivity index (χ3v) is 5.48. The fraction of sp³-hybridized carbons (Fsp3) is 0.208. The predicted octanol–water partition coefficient (Wildman–Crippen LogP) is 4.81. The van der Waals surface area contributed by atoms with E-state index in [9.17, 15) is 5.11 Å². The molecular weight excluding hydrogens is 348 g/mol. The monoisotopic (exact) mass is 370 g/mol. The lowest BCUT2D eigenvalue weighted by atomic mass is 9.90. The van der Waals surface area contributed by atoms with Crippen molar-refractivity contribution in [3.63, 3.8) is 0 Å². The van der Waals surface area contributed by atoms with Crippen LogP contribution in [0.25, 0.3) is 32.9 Å². The zero-order valence-electron chi connectivity index (χ0n) is 15.8. The van der Waals surface area contributed by atoms with Crippen molar-refractivity contribution in [3.8, 4) is 22.8 Å². The van der Waals surface area contributed by atoms with Crippen LogP contribution in [0.15, 0.2) is 54.6 Å². The Morgan fingerprint density at radius 1 is 1.07 bits per heavy atom. The molecule has 2 N–H and O–H groups in total. The number of hydrogen-bond acceptors (Lipinski definition) is 4. The summed E-state index contributed by atoms with van der Waals surface area (Å²) in [5.74, 6) is 0.655. The number of ether oxygens (including phenoxy) is 1. The molecule has 4 nitrogen and oxygen atoms in total. The van der Waals surface area contributed by atoms with Gasteiger partial charge >= 0.3 is 0 Å². The molecule has 0 fully saturated rings. The van der Waals surface area contributed by atoms with Crippen LogP contribution >= 0.6 is 0 Å². The van der Waals surface area contributed by atoms with Crippen molar-refractivity contribution in [1.82, 2.24) is 10.3 Å². The number of nitrogens with one attached hydrogen (secondary N) is 1. The first-order valence-corrected chi connectivity index (χ1v) is 9.76. The first kappa shape index (κ1) is 17.0. The van der Waals surface area contributed by atoms with Gasteiger partial charge in [0.1, 0.15) is 0 Å². The molecule has 1 aliphatic heterocycles. The zero-order valence-corrected chi connectivity index (χ0v) is 15.8. The van der Waals surface area contributed by atoms with E-state index < -0.39 is 0 Å². The van der Waals surface area contributed by atoms with E-state index in [0.717, 1.165) is 36.3 Å². The highest BCUT2D eigenvalue weighted by Crippen LogP contribution is 2.38. The van der Waals surface area contributed by atoms with E-state index in [-0.39, 0.29) is 5.75 Å². The van der Waals surface area contributed by atoms with Crippen molar-refractivity contribution in [2.24, 2.45) is 0 Å². The van der Waals surface area contributed by atoms with E-state index in [2.05, 4.69) is 41.7 Å². The minimum Gasteiger partial charge on any atom is -0.504 e. The summed E-state index contributed by atoms with van der Waals surface area (Å²) in [4.78, 5) is 5.06. The molecule has 0 amide bonds. The lowest BCUT2D eigenvalue weighted by molar-refractivity contribution is 0.318. The zero-order chi connectivity index (χ0) is 19.1. The standard InChI is InChI=1S/C24H22N2O2/c1-2-28-22-13-16(8-10-21(22)27)24-19-14-25-12-11-18(19)23-17-6-4-3-5-15(17)7-9-20(23)26-24/h3-10,13,25,27H,2,11-12,14H2,1H3. The van der Waals surface area contributed by atoms with Gasteiger partial charge in [-0.05, 0) is 66.1 Å². The maximum Gasteiger partial charge on any atom is 0.161 e. The number of hydrogen-bond donors (Lipinski definition) is 2. The molecular formula is C24H22N2O2. The number of aromatic nitrogens is 1. The minimum absolute atomic E-state index is 0.157. The first-order chi connectivity index (χ1) is 13.8. The molecule has 4 heteroatoms. The van der Waals surface area contributed by atoms with Crippen molar-refractivity contribution in [3.05, 3.63) is 65.7 Å². The molecule has 5 rings (SSSR count). The molecule has 0 saturated carbocycles. The number of benzene rings is 3. The number of aromatic hydroxyl groups is 1. The Hall–Kier alpha value is -3.11. The highest BCUT2D eigenvalue weighted by atomic mass is 16.5. The molecule has 0 saturated heterocycles. The van der Waals surface area contributed by atoms with Crippen LogP contribution in [0.1, 0.15) is 18.1 Å². The molecule has 0 radical (unpaired) electrons. The van der Waals surface area contributed by atoms with E-state index in [1.165, 1.54) is 27.3 Å². The largest absolute Gasteiger partial charge is 0.504 e. The SMILES string of the molecule is CCOc1cc(-c2nc3ccc4ccccc4c3c3c2CNCC3)ccc1O. The second-order valence-corrected chi connectivity index (χ2v) is 7.14. The third-order valence-electron chi connectivity index (χ3n) is 5.48. The van der Waals surface area contributed by atoms with Crippen LogP contribution in [0.5, 0.6) is 11.5 Å². The Morgan fingerprint density at radius 2 is 1.96 bits per heavy atom.